The summed E-state index contributed by atoms with van der Waals surface area (Å²) in [4.78, 5) is 0. The zero-order chi connectivity index (χ0) is 18.5. The van der Waals surface area contributed by atoms with Crippen molar-refractivity contribution in [3.63, 3.8) is 0 Å². The van der Waals surface area contributed by atoms with Crippen molar-refractivity contribution in [2.24, 2.45) is 0 Å². The molecule has 3 heteroatoms. The smallest absolute Gasteiger partial charge is 0.267 e. The number of fused-ring (bicyclic) bond motifs is 1. The molecule has 0 spiro atoms. The maximum atomic E-state index is 6.15. The molecule has 0 atom stereocenters. The zero-order valence-corrected chi connectivity index (χ0v) is 15.0. The van der Waals surface area contributed by atoms with E-state index >= 15 is 0 Å². The summed E-state index contributed by atoms with van der Waals surface area (Å²) in [6, 6.07) is 31.6. The number of methoxy groups -OCH3 is 1. The van der Waals surface area contributed by atoms with Gasteiger partial charge in [0.1, 0.15) is 17.2 Å². The second-order valence-corrected chi connectivity index (χ2v) is 6.17. The molecule has 0 amide bonds. The van der Waals surface area contributed by atoms with Gasteiger partial charge >= 0.3 is 0 Å². The summed E-state index contributed by atoms with van der Waals surface area (Å²) < 4.78 is 17.6. The van der Waals surface area contributed by atoms with Gasteiger partial charge in [0.2, 0.25) is 0 Å². The summed E-state index contributed by atoms with van der Waals surface area (Å²) in [7, 11) is 1.67. The summed E-state index contributed by atoms with van der Waals surface area (Å²) in [5, 5.41) is 2.21. The quantitative estimate of drug-likeness (QED) is 0.396. The van der Waals surface area contributed by atoms with Crippen molar-refractivity contribution in [3.8, 4) is 17.2 Å². The van der Waals surface area contributed by atoms with Crippen LogP contribution in [0.1, 0.15) is 11.9 Å². The second kappa shape index (κ2) is 7.83. The van der Waals surface area contributed by atoms with E-state index in [9.17, 15) is 0 Å². The van der Waals surface area contributed by atoms with Crippen LogP contribution >= 0.6 is 0 Å². The monoisotopic (exact) mass is 356 g/mol. The Hall–Kier alpha value is -3.46. The Balaban J connectivity index is 1.69. The molecule has 3 nitrogen and oxygen atoms in total. The van der Waals surface area contributed by atoms with Crippen LogP contribution in [0.25, 0.3) is 10.8 Å². The third kappa shape index (κ3) is 4.04. The zero-order valence-electron chi connectivity index (χ0n) is 15.0. The highest BCUT2D eigenvalue weighted by Gasteiger charge is 2.16. The van der Waals surface area contributed by atoms with Crippen LogP contribution in [-0.4, -0.2) is 7.11 Å². The minimum absolute atomic E-state index is 0.554. The third-order valence-corrected chi connectivity index (χ3v) is 4.32. The number of hydrogen-bond donors (Lipinski definition) is 0. The first kappa shape index (κ1) is 17.0. The second-order valence-electron chi connectivity index (χ2n) is 6.17. The minimum atomic E-state index is -0.554. The van der Waals surface area contributed by atoms with E-state index in [2.05, 4.69) is 12.1 Å². The maximum absolute atomic E-state index is 6.15. The molecule has 0 radical (unpaired) electrons. The minimum Gasteiger partial charge on any atom is -0.497 e. The summed E-state index contributed by atoms with van der Waals surface area (Å²) in [5.41, 5.74) is 0.945. The average Bonchev–Trinajstić information content (AvgIpc) is 2.74. The Morgan fingerprint density at radius 1 is 0.556 bits per heavy atom. The number of benzene rings is 4. The number of rotatable bonds is 6. The topological polar surface area (TPSA) is 27.7 Å². The lowest BCUT2D eigenvalue weighted by Gasteiger charge is -2.21. The van der Waals surface area contributed by atoms with Crippen LogP contribution in [0, 0.1) is 0 Å². The summed E-state index contributed by atoms with van der Waals surface area (Å²) in [6.45, 7) is 0. The maximum Gasteiger partial charge on any atom is 0.267 e. The van der Waals surface area contributed by atoms with E-state index in [1.807, 2.05) is 84.9 Å². The molecule has 0 saturated carbocycles. The molecular formula is C24H20O3. The van der Waals surface area contributed by atoms with Crippen molar-refractivity contribution < 1.29 is 14.2 Å². The molecule has 27 heavy (non-hydrogen) atoms. The van der Waals surface area contributed by atoms with Gasteiger partial charge in [-0.1, -0.05) is 54.6 Å². The van der Waals surface area contributed by atoms with Gasteiger partial charge in [-0.2, -0.15) is 0 Å². The van der Waals surface area contributed by atoms with E-state index < -0.39 is 6.29 Å². The molecular weight excluding hydrogens is 336 g/mol. The lowest BCUT2D eigenvalue weighted by Crippen LogP contribution is -2.15. The van der Waals surface area contributed by atoms with E-state index in [4.69, 9.17) is 14.2 Å². The number of para-hydroxylation sites is 2. The highest BCUT2D eigenvalue weighted by molar-refractivity contribution is 5.84. The van der Waals surface area contributed by atoms with Crippen LogP contribution < -0.4 is 14.2 Å². The van der Waals surface area contributed by atoms with Crippen LogP contribution in [0.4, 0.5) is 0 Å². The van der Waals surface area contributed by atoms with Crippen molar-refractivity contribution in [1.29, 1.82) is 0 Å². The van der Waals surface area contributed by atoms with Crippen LogP contribution in [0.5, 0.6) is 17.2 Å². The van der Waals surface area contributed by atoms with Gasteiger partial charge in [0, 0.05) is 5.56 Å². The SMILES string of the molecule is COc1ccc2cc(C(Oc3ccccc3)Oc3ccccc3)ccc2c1. The number of hydrogen-bond acceptors (Lipinski definition) is 3. The van der Waals surface area contributed by atoms with Gasteiger partial charge in [0.25, 0.3) is 6.29 Å². The molecule has 0 aliphatic carbocycles. The lowest BCUT2D eigenvalue weighted by molar-refractivity contribution is 0.00392. The molecule has 0 aliphatic heterocycles. The van der Waals surface area contributed by atoms with Crippen LogP contribution in [0.15, 0.2) is 97.1 Å². The first-order valence-corrected chi connectivity index (χ1v) is 8.83. The van der Waals surface area contributed by atoms with Gasteiger partial charge in [-0.15, -0.1) is 0 Å². The normalized spacial score (nSPS) is 10.7. The molecule has 0 aromatic heterocycles. The Labute approximate surface area is 158 Å². The van der Waals surface area contributed by atoms with Gasteiger partial charge < -0.3 is 14.2 Å². The number of ether oxygens (including phenoxy) is 3. The molecule has 4 aromatic rings. The van der Waals surface area contributed by atoms with Gasteiger partial charge in [-0.25, -0.2) is 0 Å². The van der Waals surface area contributed by atoms with Crippen LogP contribution in [0.3, 0.4) is 0 Å². The van der Waals surface area contributed by atoms with Crippen LogP contribution in [0.2, 0.25) is 0 Å². The highest BCUT2D eigenvalue weighted by Crippen LogP contribution is 2.29. The predicted molar refractivity (Wildman–Crippen MR) is 107 cm³/mol. The Morgan fingerprint density at radius 3 is 1.70 bits per heavy atom. The molecule has 0 N–H and O–H groups in total. The van der Waals surface area contributed by atoms with E-state index in [1.165, 1.54) is 0 Å². The van der Waals surface area contributed by atoms with Gasteiger partial charge in [-0.05, 0) is 53.2 Å². The molecule has 4 aromatic carbocycles. The van der Waals surface area contributed by atoms with Crippen molar-refractivity contribution >= 4 is 10.8 Å². The fraction of sp³-hybridized carbons (Fsp3) is 0.0833. The van der Waals surface area contributed by atoms with Gasteiger partial charge in [-0.3, -0.25) is 0 Å². The largest absolute Gasteiger partial charge is 0.497 e. The van der Waals surface area contributed by atoms with Gasteiger partial charge in [0.15, 0.2) is 0 Å². The standard InChI is InChI=1S/C24H20O3/c1-25-23-15-14-18-16-20(13-12-19(18)17-23)24(26-21-8-4-2-5-9-21)27-22-10-6-3-7-11-22/h2-17,24H,1H3. The average molecular weight is 356 g/mol. The van der Waals surface area contributed by atoms with Gasteiger partial charge in [0.05, 0.1) is 7.11 Å². The van der Waals surface area contributed by atoms with Crippen molar-refractivity contribution in [3.05, 3.63) is 103 Å². The van der Waals surface area contributed by atoms with E-state index in [0.717, 1.165) is 33.6 Å². The van der Waals surface area contributed by atoms with Crippen molar-refractivity contribution in [2.45, 2.75) is 6.29 Å². The molecule has 0 heterocycles. The lowest BCUT2D eigenvalue weighted by atomic mass is 10.1. The fourth-order valence-corrected chi connectivity index (χ4v) is 2.92. The molecule has 4 rings (SSSR count). The van der Waals surface area contributed by atoms with Crippen LogP contribution in [-0.2, 0) is 0 Å². The molecule has 0 fully saturated rings. The van der Waals surface area contributed by atoms with Crippen molar-refractivity contribution in [1.82, 2.24) is 0 Å². The molecule has 134 valence electrons. The van der Waals surface area contributed by atoms with E-state index in [-0.39, 0.29) is 0 Å². The predicted octanol–water partition coefficient (Wildman–Crippen LogP) is 6.01. The Morgan fingerprint density at radius 2 is 1.11 bits per heavy atom. The summed E-state index contributed by atoms with van der Waals surface area (Å²) in [6.07, 6.45) is -0.554. The first-order chi connectivity index (χ1) is 13.3. The summed E-state index contributed by atoms with van der Waals surface area (Å²) in [5.74, 6) is 2.36. The molecule has 0 saturated heterocycles. The molecule has 0 bridgehead atoms. The molecule has 0 aliphatic rings. The van der Waals surface area contributed by atoms with E-state index in [0.29, 0.717) is 0 Å². The Bertz CT molecular complexity index is 972. The first-order valence-electron chi connectivity index (χ1n) is 8.83. The van der Waals surface area contributed by atoms with E-state index in [1.54, 1.807) is 7.11 Å². The highest BCUT2D eigenvalue weighted by atomic mass is 16.7. The molecule has 0 unspecified atom stereocenters. The fourth-order valence-electron chi connectivity index (χ4n) is 2.92. The van der Waals surface area contributed by atoms with Crippen molar-refractivity contribution in [2.75, 3.05) is 7.11 Å². The third-order valence-electron chi connectivity index (χ3n) is 4.32. The summed E-state index contributed by atoms with van der Waals surface area (Å²) >= 11 is 0. The Kier molecular flexibility index (Phi) is 4.93.